The minimum Gasteiger partial charge on any atom is -0.336 e. The molecule has 3 aliphatic rings. The molecule has 6 heteroatoms. The molecular weight excluding hydrogens is 340 g/mol. The maximum Gasteiger partial charge on any atom is 0.256 e. The number of aromatic nitrogens is 2. The van der Waals surface area contributed by atoms with E-state index in [9.17, 15) is 9.59 Å². The lowest BCUT2D eigenvalue weighted by atomic mass is 9.94. The molecule has 0 unspecified atom stereocenters. The minimum atomic E-state index is -0.112. The molecular formula is C21H24N4O2. The van der Waals surface area contributed by atoms with Crippen LogP contribution in [0.2, 0.25) is 0 Å². The van der Waals surface area contributed by atoms with Crippen LogP contribution in [0.4, 0.5) is 0 Å². The second-order valence-electron chi connectivity index (χ2n) is 7.64. The number of allylic oxidation sites excluding steroid dienone is 1. The van der Waals surface area contributed by atoms with Crippen LogP contribution in [-0.4, -0.2) is 57.3 Å². The maximum atomic E-state index is 13.3. The summed E-state index contributed by atoms with van der Waals surface area (Å²) in [7, 11) is 0. The van der Waals surface area contributed by atoms with Gasteiger partial charge in [0.25, 0.3) is 5.91 Å². The molecule has 3 saturated heterocycles. The molecule has 1 aromatic heterocycles. The fourth-order valence-corrected chi connectivity index (χ4v) is 4.06. The Morgan fingerprint density at radius 1 is 1.19 bits per heavy atom. The van der Waals surface area contributed by atoms with Crippen LogP contribution in [0.25, 0.3) is 11.0 Å². The van der Waals surface area contributed by atoms with Crippen LogP contribution in [0.3, 0.4) is 0 Å². The maximum absolute atomic E-state index is 13.3. The summed E-state index contributed by atoms with van der Waals surface area (Å²) in [5, 5.41) is 0. The van der Waals surface area contributed by atoms with E-state index in [0.29, 0.717) is 36.2 Å². The average Bonchev–Trinajstić information content (AvgIpc) is 2.96. The highest BCUT2D eigenvalue weighted by Crippen LogP contribution is 2.30. The molecule has 3 aliphatic heterocycles. The Balaban J connectivity index is 1.63. The Labute approximate surface area is 158 Å². The number of rotatable bonds is 3. The molecule has 5 rings (SSSR count). The SMILES string of the molecule is CC(C)=CCN1C(=O)[C@H]2CC[C@@H]1CN(C(=O)c1cccc3nccnc13)C2. The van der Waals surface area contributed by atoms with Crippen LogP contribution in [0.15, 0.2) is 42.2 Å². The summed E-state index contributed by atoms with van der Waals surface area (Å²) in [4.78, 5) is 38.6. The van der Waals surface area contributed by atoms with Crippen molar-refractivity contribution in [3.8, 4) is 0 Å². The van der Waals surface area contributed by atoms with E-state index in [2.05, 4.69) is 16.0 Å². The highest BCUT2D eigenvalue weighted by atomic mass is 16.2. The minimum absolute atomic E-state index is 0.0603. The third-order valence-electron chi connectivity index (χ3n) is 5.51. The zero-order valence-electron chi connectivity index (χ0n) is 15.8. The lowest BCUT2D eigenvalue weighted by Crippen LogP contribution is -2.48. The number of piperidine rings is 1. The molecule has 140 valence electrons. The first kappa shape index (κ1) is 17.6. The Bertz CT molecular complexity index is 914. The average molecular weight is 364 g/mol. The van der Waals surface area contributed by atoms with E-state index in [1.54, 1.807) is 18.5 Å². The van der Waals surface area contributed by atoms with Gasteiger partial charge in [-0.15, -0.1) is 0 Å². The molecule has 0 N–H and O–H groups in total. The Kier molecular flexibility index (Phi) is 4.64. The Hall–Kier alpha value is -2.76. The van der Waals surface area contributed by atoms with Gasteiger partial charge in [0.05, 0.1) is 17.0 Å². The van der Waals surface area contributed by atoms with E-state index in [4.69, 9.17) is 0 Å². The van der Waals surface area contributed by atoms with E-state index in [1.165, 1.54) is 5.57 Å². The van der Waals surface area contributed by atoms with Crippen molar-refractivity contribution < 1.29 is 9.59 Å². The first-order chi connectivity index (χ1) is 13.0. The Morgan fingerprint density at radius 3 is 2.81 bits per heavy atom. The van der Waals surface area contributed by atoms with Gasteiger partial charge in [-0.25, -0.2) is 0 Å². The van der Waals surface area contributed by atoms with Crippen molar-refractivity contribution in [2.75, 3.05) is 19.6 Å². The molecule has 4 heterocycles. The van der Waals surface area contributed by atoms with Crippen LogP contribution in [-0.2, 0) is 4.79 Å². The van der Waals surface area contributed by atoms with E-state index < -0.39 is 0 Å². The number of carbonyl (C=O) groups excluding carboxylic acids is 2. The van der Waals surface area contributed by atoms with Crippen LogP contribution < -0.4 is 0 Å². The molecule has 0 saturated carbocycles. The van der Waals surface area contributed by atoms with Gasteiger partial charge in [0, 0.05) is 38.1 Å². The Morgan fingerprint density at radius 2 is 2.00 bits per heavy atom. The molecule has 1 aromatic carbocycles. The largest absolute Gasteiger partial charge is 0.336 e. The van der Waals surface area contributed by atoms with Crippen LogP contribution in [0.5, 0.6) is 0 Å². The summed E-state index contributed by atoms with van der Waals surface area (Å²) < 4.78 is 0. The van der Waals surface area contributed by atoms with E-state index in [1.807, 2.05) is 35.8 Å². The summed E-state index contributed by atoms with van der Waals surface area (Å²) in [6.45, 7) is 5.77. The highest BCUT2D eigenvalue weighted by molar-refractivity contribution is 6.04. The quantitative estimate of drug-likeness (QED) is 0.786. The van der Waals surface area contributed by atoms with Crippen molar-refractivity contribution in [3.63, 3.8) is 0 Å². The number of amides is 2. The van der Waals surface area contributed by atoms with Crippen molar-refractivity contribution in [2.24, 2.45) is 5.92 Å². The van der Waals surface area contributed by atoms with Crippen molar-refractivity contribution in [1.82, 2.24) is 19.8 Å². The molecule has 6 nitrogen and oxygen atoms in total. The molecule has 3 fully saturated rings. The standard InChI is InChI=1S/C21H24N4O2/c1-14(2)8-11-25-16-7-6-15(20(25)26)12-24(13-16)21(27)17-4-3-5-18-19(17)23-10-9-22-18/h3-5,8-10,15-16H,6-7,11-13H2,1-2H3/t15-,16+/m0/s1. The van der Waals surface area contributed by atoms with Gasteiger partial charge in [-0.1, -0.05) is 17.7 Å². The predicted octanol–water partition coefficient (Wildman–Crippen LogP) is 2.66. The summed E-state index contributed by atoms with van der Waals surface area (Å²) in [5.74, 6) is 0.00551. The summed E-state index contributed by atoms with van der Waals surface area (Å²) in [6, 6.07) is 5.57. The number of nitrogens with zero attached hydrogens (tertiary/aromatic N) is 4. The molecule has 2 aromatic rings. The molecule has 2 atom stereocenters. The van der Waals surface area contributed by atoms with Gasteiger partial charge in [-0.2, -0.15) is 0 Å². The molecule has 2 amide bonds. The summed E-state index contributed by atoms with van der Waals surface area (Å²) in [6.07, 6.45) is 7.13. The zero-order valence-corrected chi connectivity index (χ0v) is 15.8. The lowest BCUT2D eigenvalue weighted by Gasteiger charge is -2.35. The molecule has 0 aliphatic carbocycles. The van der Waals surface area contributed by atoms with Gasteiger partial charge in [-0.3, -0.25) is 19.6 Å². The van der Waals surface area contributed by atoms with Crippen molar-refractivity contribution in [3.05, 3.63) is 47.8 Å². The number of para-hydroxylation sites is 1. The van der Waals surface area contributed by atoms with Gasteiger partial charge in [0.15, 0.2) is 0 Å². The van der Waals surface area contributed by atoms with E-state index >= 15 is 0 Å². The van der Waals surface area contributed by atoms with Gasteiger partial charge in [0.1, 0.15) is 5.52 Å². The van der Waals surface area contributed by atoms with E-state index in [-0.39, 0.29) is 23.8 Å². The smallest absolute Gasteiger partial charge is 0.256 e. The second kappa shape index (κ2) is 7.10. The van der Waals surface area contributed by atoms with Crippen LogP contribution >= 0.6 is 0 Å². The molecule has 0 spiro atoms. The van der Waals surface area contributed by atoms with Crippen LogP contribution in [0.1, 0.15) is 37.0 Å². The number of carbonyl (C=O) groups is 2. The normalized spacial score (nSPS) is 22.1. The molecule has 0 radical (unpaired) electrons. The van der Waals surface area contributed by atoms with Gasteiger partial charge in [0.2, 0.25) is 5.91 Å². The van der Waals surface area contributed by atoms with Crippen LogP contribution in [0, 0.1) is 5.92 Å². The van der Waals surface area contributed by atoms with Crippen molar-refractivity contribution in [2.45, 2.75) is 32.7 Å². The fourth-order valence-electron chi connectivity index (χ4n) is 4.06. The summed E-state index contributed by atoms with van der Waals surface area (Å²) in [5.41, 5.74) is 3.09. The van der Waals surface area contributed by atoms with Gasteiger partial charge < -0.3 is 9.80 Å². The van der Waals surface area contributed by atoms with Gasteiger partial charge >= 0.3 is 0 Å². The first-order valence-corrected chi connectivity index (χ1v) is 9.47. The zero-order chi connectivity index (χ0) is 19.0. The number of fused-ring (bicyclic) bond motifs is 5. The van der Waals surface area contributed by atoms with E-state index in [0.717, 1.165) is 12.8 Å². The monoisotopic (exact) mass is 364 g/mol. The highest BCUT2D eigenvalue weighted by Gasteiger charge is 2.41. The van der Waals surface area contributed by atoms with Crippen molar-refractivity contribution >= 4 is 22.8 Å². The molecule has 2 bridgehead atoms. The number of benzene rings is 1. The number of hydrogen-bond acceptors (Lipinski definition) is 4. The molecule has 27 heavy (non-hydrogen) atoms. The lowest BCUT2D eigenvalue weighted by molar-refractivity contribution is -0.139. The first-order valence-electron chi connectivity index (χ1n) is 9.47. The summed E-state index contributed by atoms with van der Waals surface area (Å²) >= 11 is 0. The third-order valence-corrected chi connectivity index (χ3v) is 5.51. The second-order valence-corrected chi connectivity index (χ2v) is 7.64. The fraction of sp³-hybridized carbons (Fsp3) is 0.429. The van der Waals surface area contributed by atoms with Crippen molar-refractivity contribution in [1.29, 1.82) is 0 Å². The topological polar surface area (TPSA) is 66.4 Å². The van der Waals surface area contributed by atoms with Gasteiger partial charge in [-0.05, 0) is 38.8 Å². The number of hydrogen-bond donors (Lipinski definition) is 0. The predicted molar refractivity (Wildman–Crippen MR) is 103 cm³/mol. The third kappa shape index (κ3) is 3.31.